The zero-order valence-electron chi connectivity index (χ0n) is 17.7. The van der Waals surface area contributed by atoms with E-state index >= 15 is 0 Å². The van der Waals surface area contributed by atoms with Crippen LogP contribution in [0.2, 0.25) is 0 Å². The number of methoxy groups -OCH3 is 1. The zero-order chi connectivity index (χ0) is 23.1. The number of sulfonamides is 1. The number of hydrogen-bond donors (Lipinski definition) is 2. The number of amides is 1. The summed E-state index contributed by atoms with van der Waals surface area (Å²) in [4.78, 5) is 24.4. The first-order valence-corrected chi connectivity index (χ1v) is 11.7. The van der Waals surface area contributed by atoms with Crippen molar-refractivity contribution in [1.29, 1.82) is 0 Å². The Bertz CT molecular complexity index is 1080. The third-order valence-electron chi connectivity index (χ3n) is 5.06. The Kier molecular flexibility index (Phi) is 7.70. The molecule has 0 unspecified atom stereocenters. The number of hydrogen-bond acceptors (Lipinski definition) is 7. The molecule has 3 rings (SSSR count). The Balaban J connectivity index is 1.71. The number of benzene rings is 2. The van der Waals surface area contributed by atoms with Crippen LogP contribution in [0, 0.1) is 0 Å². The normalized spacial score (nSPS) is 14.9. The lowest BCUT2D eigenvalue weighted by Gasteiger charge is -2.21. The molecule has 1 aliphatic heterocycles. The number of nitrogens with zero attached hydrogens (tertiary/aromatic N) is 1. The molecule has 0 radical (unpaired) electrons. The van der Waals surface area contributed by atoms with Crippen LogP contribution in [0.25, 0.3) is 0 Å². The van der Waals surface area contributed by atoms with E-state index in [0.29, 0.717) is 13.1 Å². The first-order valence-electron chi connectivity index (χ1n) is 10.3. The highest BCUT2D eigenvalue weighted by Crippen LogP contribution is 2.30. The van der Waals surface area contributed by atoms with E-state index in [0.717, 1.165) is 25.7 Å². The summed E-state index contributed by atoms with van der Waals surface area (Å²) >= 11 is 0. The lowest BCUT2D eigenvalue weighted by Crippen LogP contribution is -2.32. The van der Waals surface area contributed by atoms with Crippen LogP contribution < -0.4 is 10.1 Å². The van der Waals surface area contributed by atoms with Gasteiger partial charge in [-0.05, 0) is 49.2 Å². The molecule has 1 amide bonds. The highest BCUT2D eigenvalue weighted by molar-refractivity contribution is 7.89. The van der Waals surface area contributed by atoms with Gasteiger partial charge in [-0.25, -0.2) is 13.2 Å². The fourth-order valence-electron chi connectivity index (χ4n) is 3.41. The minimum atomic E-state index is -3.72. The molecular weight excluding hydrogens is 436 g/mol. The molecule has 9 nitrogen and oxygen atoms in total. The number of rotatable bonds is 7. The van der Waals surface area contributed by atoms with Crippen LogP contribution in [-0.4, -0.2) is 56.5 Å². The monoisotopic (exact) mass is 462 g/mol. The summed E-state index contributed by atoms with van der Waals surface area (Å²) in [6.45, 7) is 0.322. The summed E-state index contributed by atoms with van der Waals surface area (Å²) < 4.78 is 37.8. The second-order valence-electron chi connectivity index (χ2n) is 7.36. The maximum atomic E-state index is 13.1. The molecule has 1 heterocycles. The lowest BCUT2D eigenvalue weighted by atomic mass is 10.2. The van der Waals surface area contributed by atoms with Gasteiger partial charge in [-0.15, -0.1) is 0 Å². The maximum absolute atomic E-state index is 13.1. The number of carbonyl (C=O) groups excluding carboxylic acids is 2. The number of nitrogens with one attached hydrogen (secondary N) is 1. The number of phenols is 1. The number of esters is 1. The van der Waals surface area contributed by atoms with E-state index in [9.17, 15) is 23.1 Å². The molecule has 1 fully saturated rings. The van der Waals surface area contributed by atoms with E-state index in [1.54, 1.807) is 0 Å². The van der Waals surface area contributed by atoms with E-state index in [2.05, 4.69) is 5.32 Å². The second kappa shape index (κ2) is 10.5. The third kappa shape index (κ3) is 5.77. The van der Waals surface area contributed by atoms with Gasteiger partial charge in [0.15, 0.2) is 6.61 Å². The van der Waals surface area contributed by atoms with Crippen molar-refractivity contribution in [1.82, 2.24) is 4.31 Å². The minimum absolute atomic E-state index is 0.0484. The molecule has 0 atom stereocenters. The van der Waals surface area contributed by atoms with Crippen LogP contribution in [0.4, 0.5) is 5.69 Å². The SMILES string of the molecule is COc1ccc(S(=O)(=O)N2CCCCCC2)cc1NC(=O)COC(=O)c1cccc(O)c1. The van der Waals surface area contributed by atoms with Crippen molar-refractivity contribution in [3.8, 4) is 11.5 Å². The van der Waals surface area contributed by atoms with Gasteiger partial charge in [-0.3, -0.25) is 4.79 Å². The molecule has 2 aromatic rings. The fourth-order valence-corrected chi connectivity index (χ4v) is 4.95. The Hall–Kier alpha value is -3.11. The molecule has 2 N–H and O–H groups in total. The molecular formula is C22H26N2O7S. The Morgan fingerprint density at radius 3 is 2.44 bits per heavy atom. The van der Waals surface area contributed by atoms with Gasteiger partial charge in [0.05, 0.1) is 23.3 Å². The summed E-state index contributed by atoms with van der Waals surface area (Å²) in [6, 6.07) is 9.81. The van der Waals surface area contributed by atoms with Crippen molar-refractivity contribution in [2.45, 2.75) is 30.6 Å². The molecule has 0 aliphatic carbocycles. The smallest absolute Gasteiger partial charge is 0.338 e. The van der Waals surface area contributed by atoms with E-state index in [4.69, 9.17) is 9.47 Å². The van der Waals surface area contributed by atoms with Crippen molar-refractivity contribution >= 4 is 27.6 Å². The van der Waals surface area contributed by atoms with Gasteiger partial charge >= 0.3 is 5.97 Å². The molecule has 0 spiro atoms. The standard InChI is InChI=1S/C22H26N2O7S/c1-30-20-10-9-18(32(28,29)24-11-4-2-3-5-12-24)14-19(20)23-21(26)15-31-22(27)16-7-6-8-17(25)13-16/h6-10,13-14,25H,2-5,11-12,15H2,1H3,(H,23,26). The molecule has 1 aliphatic rings. The summed E-state index contributed by atoms with van der Waals surface area (Å²) in [5.74, 6) is -1.27. The molecule has 32 heavy (non-hydrogen) atoms. The lowest BCUT2D eigenvalue weighted by molar-refractivity contribution is -0.119. The van der Waals surface area contributed by atoms with Gasteiger partial charge in [-0.2, -0.15) is 4.31 Å². The van der Waals surface area contributed by atoms with E-state index in [1.165, 1.54) is 53.9 Å². The summed E-state index contributed by atoms with van der Waals surface area (Å²) in [6.07, 6.45) is 3.61. The molecule has 0 saturated carbocycles. The first kappa shape index (κ1) is 23.6. The fraction of sp³-hybridized carbons (Fsp3) is 0.364. The van der Waals surface area contributed by atoms with E-state index in [1.807, 2.05) is 0 Å². The van der Waals surface area contributed by atoms with E-state index < -0.39 is 28.5 Å². The third-order valence-corrected chi connectivity index (χ3v) is 6.96. The quantitative estimate of drug-likeness (QED) is 0.607. The maximum Gasteiger partial charge on any atom is 0.338 e. The van der Waals surface area contributed by atoms with Gasteiger partial charge < -0.3 is 19.9 Å². The van der Waals surface area contributed by atoms with Crippen LogP contribution in [0.15, 0.2) is 47.4 Å². The molecule has 0 bridgehead atoms. The Morgan fingerprint density at radius 1 is 1.06 bits per heavy atom. The van der Waals surface area contributed by atoms with Gasteiger partial charge in [-0.1, -0.05) is 18.9 Å². The number of phenolic OH excluding ortho intramolecular Hbond substituents is 1. The van der Waals surface area contributed by atoms with E-state index in [-0.39, 0.29) is 27.6 Å². The predicted molar refractivity (Wildman–Crippen MR) is 117 cm³/mol. The summed E-state index contributed by atoms with van der Waals surface area (Å²) in [7, 11) is -2.32. The highest BCUT2D eigenvalue weighted by Gasteiger charge is 2.26. The predicted octanol–water partition coefficient (Wildman–Crippen LogP) is 2.76. The van der Waals surface area contributed by atoms with Crippen molar-refractivity contribution in [3.63, 3.8) is 0 Å². The first-order chi connectivity index (χ1) is 15.3. The van der Waals surface area contributed by atoms with Crippen LogP contribution in [0.5, 0.6) is 11.5 Å². The topological polar surface area (TPSA) is 122 Å². The minimum Gasteiger partial charge on any atom is -0.508 e. The Morgan fingerprint density at radius 2 is 1.78 bits per heavy atom. The zero-order valence-corrected chi connectivity index (χ0v) is 18.6. The number of anilines is 1. The van der Waals surface area contributed by atoms with Crippen LogP contribution in [0.1, 0.15) is 36.0 Å². The largest absolute Gasteiger partial charge is 0.508 e. The molecule has 10 heteroatoms. The van der Waals surface area contributed by atoms with Gasteiger partial charge in [0.1, 0.15) is 11.5 Å². The van der Waals surface area contributed by atoms with Crippen LogP contribution in [-0.2, 0) is 19.6 Å². The summed E-state index contributed by atoms with van der Waals surface area (Å²) in [5.41, 5.74) is 0.253. The van der Waals surface area contributed by atoms with Crippen LogP contribution >= 0.6 is 0 Å². The average molecular weight is 463 g/mol. The Labute approximate surface area is 187 Å². The van der Waals surface area contributed by atoms with Gasteiger partial charge in [0.2, 0.25) is 10.0 Å². The average Bonchev–Trinajstić information content (AvgIpc) is 3.07. The molecule has 1 saturated heterocycles. The molecule has 172 valence electrons. The number of aromatic hydroxyl groups is 1. The van der Waals surface area contributed by atoms with Crippen LogP contribution in [0.3, 0.4) is 0 Å². The number of ether oxygens (including phenoxy) is 2. The van der Waals surface area contributed by atoms with Crippen molar-refractivity contribution in [2.75, 3.05) is 32.1 Å². The summed E-state index contributed by atoms with van der Waals surface area (Å²) in [5, 5.41) is 12.0. The number of carbonyl (C=O) groups is 2. The molecule has 0 aromatic heterocycles. The van der Waals surface area contributed by atoms with Gasteiger partial charge in [0, 0.05) is 13.1 Å². The van der Waals surface area contributed by atoms with Gasteiger partial charge in [0.25, 0.3) is 5.91 Å². The molecule has 2 aromatic carbocycles. The highest BCUT2D eigenvalue weighted by atomic mass is 32.2. The second-order valence-corrected chi connectivity index (χ2v) is 9.29. The van der Waals surface area contributed by atoms with Crippen molar-refractivity contribution in [2.24, 2.45) is 0 Å². The van der Waals surface area contributed by atoms with Crippen molar-refractivity contribution < 1.29 is 32.6 Å². The van der Waals surface area contributed by atoms with Crippen molar-refractivity contribution in [3.05, 3.63) is 48.0 Å².